The van der Waals surface area contributed by atoms with Gasteiger partial charge in [0.05, 0.1) is 12.1 Å². The molecule has 6 heteroatoms. The SMILES string of the molecule is Cc1ccc(C2CC3C4NN=C(SCc5ccc(C(C)(C)C)cc5)N4C=CN3N2)cc1C. The van der Waals surface area contributed by atoms with Gasteiger partial charge in [0, 0.05) is 18.2 Å². The van der Waals surface area contributed by atoms with Crippen LogP contribution in [0.2, 0.25) is 0 Å². The molecule has 0 saturated carbocycles. The molecule has 3 heterocycles. The molecule has 1 fully saturated rings. The van der Waals surface area contributed by atoms with E-state index in [4.69, 9.17) is 0 Å². The van der Waals surface area contributed by atoms with Gasteiger partial charge < -0.3 is 9.91 Å². The van der Waals surface area contributed by atoms with Crippen LogP contribution in [0.15, 0.2) is 60.0 Å². The first-order valence-electron chi connectivity index (χ1n) is 11.4. The number of nitrogens with one attached hydrogen (secondary N) is 2. The minimum absolute atomic E-state index is 0.162. The van der Waals surface area contributed by atoms with Crippen molar-refractivity contribution in [3.63, 3.8) is 0 Å². The average molecular weight is 448 g/mol. The molecule has 3 unspecified atom stereocenters. The van der Waals surface area contributed by atoms with E-state index in [0.717, 1.165) is 17.3 Å². The highest BCUT2D eigenvalue weighted by Gasteiger charge is 2.44. The van der Waals surface area contributed by atoms with Gasteiger partial charge in [-0.25, -0.2) is 5.43 Å². The molecule has 0 amide bonds. The van der Waals surface area contributed by atoms with Gasteiger partial charge in [-0.05, 0) is 53.5 Å². The van der Waals surface area contributed by atoms with Crippen molar-refractivity contribution in [2.75, 3.05) is 0 Å². The van der Waals surface area contributed by atoms with Gasteiger partial charge >= 0.3 is 0 Å². The maximum atomic E-state index is 4.69. The summed E-state index contributed by atoms with van der Waals surface area (Å²) >= 11 is 1.79. The molecule has 2 aromatic carbocycles. The van der Waals surface area contributed by atoms with Crippen LogP contribution in [0.4, 0.5) is 0 Å². The van der Waals surface area contributed by atoms with Crippen LogP contribution < -0.4 is 10.9 Å². The highest BCUT2D eigenvalue weighted by Crippen LogP contribution is 2.36. The molecule has 0 aliphatic carbocycles. The van der Waals surface area contributed by atoms with E-state index in [1.54, 1.807) is 11.8 Å². The smallest absolute Gasteiger partial charge is 0.189 e. The van der Waals surface area contributed by atoms with Crippen LogP contribution >= 0.6 is 11.8 Å². The number of thioether (sulfide) groups is 1. The van der Waals surface area contributed by atoms with E-state index in [1.165, 1.54) is 27.8 Å². The largest absolute Gasteiger partial charge is 0.306 e. The van der Waals surface area contributed by atoms with Gasteiger partial charge in [-0.3, -0.25) is 5.43 Å². The van der Waals surface area contributed by atoms with Gasteiger partial charge in [0.25, 0.3) is 0 Å². The molecule has 5 nitrogen and oxygen atoms in total. The van der Waals surface area contributed by atoms with Crippen LogP contribution in [0.25, 0.3) is 0 Å². The van der Waals surface area contributed by atoms with Crippen LogP contribution in [-0.2, 0) is 11.2 Å². The van der Waals surface area contributed by atoms with Crippen LogP contribution in [0.1, 0.15) is 61.1 Å². The number of hydrazone groups is 1. The van der Waals surface area contributed by atoms with E-state index in [-0.39, 0.29) is 11.6 Å². The van der Waals surface area contributed by atoms with E-state index in [9.17, 15) is 0 Å². The number of hydrazine groups is 1. The lowest BCUT2D eigenvalue weighted by atomic mass is 9.87. The van der Waals surface area contributed by atoms with Gasteiger partial charge in [-0.15, -0.1) is 0 Å². The summed E-state index contributed by atoms with van der Waals surface area (Å²) in [5, 5.41) is 7.98. The molecular weight excluding hydrogens is 414 g/mol. The number of amidine groups is 1. The lowest BCUT2D eigenvalue weighted by molar-refractivity contribution is 0.152. The van der Waals surface area contributed by atoms with Crippen LogP contribution in [0, 0.1) is 13.8 Å². The van der Waals surface area contributed by atoms with Crippen molar-refractivity contribution in [3.05, 3.63) is 82.7 Å². The topological polar surface area (TPSA) is 42.9 Å². The van der Waals surface area contributed by atoms with Crippen molar-refractivity contribution in [1.29, 1.82) is 0 Å². The van der Waals surface area contributed by atoms with E-state index < -0.39 is 0 Å². The third-order valence-electron chi connectivity index (χ3n) is 6.83. The molecule has 0 bridgehead atoms. The first kappa shape index (κ1) is 21.4. The Labute approximate surface area is 195 Å². The fraction of sp³-hybridized carbons (Fsp3) is 0.423. The molecule has 5 rings (SSSR count). The highest BCUT2D eigenvalue weighted by atomic mass is 32.2. The maximum Gasteiger partial charge on any atom is 0.189 e. The summed E-state index contributed by atoms with van der Waals surface area (Å²) in [6.07, 6.45) is 5.51. The van der Waals surface area contributed by atoms with Crippen molar-refractivity contribution >= 4 is 16.9 Å². The second-order valence-electron chi connectivity index (χ2n) is 10.1. The Hall–Kier alpha value is -2.44. The van der Waals surface area contributed by atoms with Crippen molar-refractivity contribution in [1.82, 2.24) is 20.8 Å². The molecule has 32 heavy (non-hydrogen) atoms. The van der Waals surface area contributed by atoms with Crippen LogP contribution in [0.3, 0.4) is 0 Å². The van der Waals surface area contributed by atoms with E-state index in [0.29, 0.717) is 12.1 Å². The molecule has 2 N–H and O–H groups in total. The summed E-state index contributed by atoms with van der Waals surface area (Å²) in [6, 6.07) is 16.5. The normalized spacial score (nSPS) is 24.3. The van der Waals surface area contributed by atoms with Gasteiger partial charge in [0.2, 0.25) is 0 Å². The minimum atomic E-state index is 0.162. The number of nitrogens with zero attached hydrogens (tertiary/aromatic N) is 3. The molecule has 0 radical (unpaired) electrons. The average Bonchev–Trinajstić information content (AvgIpc) is 3.37. The Morgan fingerprint density at radius 2 is 1.81 bits per heavy atom. The predicted molar refractivity (Wildman–Crippen MR) is 134 cm³/mol. The van der Waals surface area contributed by atoms with Crippen LogP contribution in [-0.4, -0.2) is 27.3 Å². The zero-order valence-corrected chi connectivity index (χ0v) is 20.4. The Morgan fingerprint density at radius 3 is 2.53 bits per heavy atom. The number of benzene rings is 2. The van der Waals surface area contributed by atoms with Gasteiger partial charge in [-0.2, -0.15) is 5.10 Å². The zero-order chi connectivity index (χ0) is 22.5. The van der Waals surface area contributed by atoms with Crippen molar-refractivity contribution < 1.29 is 0 Å². The Kier molecular flexibility index (Phi) is 5.46. The molecule has 0 aromatic heterocycles. The molecule has 3 aliphatic rings. The lowest BCUT2D eigenvalue weighted by Crippen LogP contribution is -2.54. The van der Waals surface area contributed by atoms with E-state index in [1.807, 2.05) is 0 Å². The molecule has 1 saturated heterocycles. The third kappa shape index (κ3) is 4.02. The second-order valence-corrected chi connectivity index (χ2v) is 11.1. The molecule has 168 valence electrons. The van der Waals surface area contributed by atoms with Gasteiger partial charge in [-0.1, -0.05) is 75.0 Å². The molecule has 3 aliphatic heterocycles. The van der Waals surface area contributed by atoms with Crippen LogP contribution in [0.5, 0.6) is 0 Å². The van der Waals surface area contributed by atoms with E-state index in [2.05, 4.69) is 115 Å². The molecule has 2 aromatic rings. The first-order valence-corrected chi connectivity index (χ1v) is 12.4. The van der Waals surface area contributed by atoms with Gasteiger partial charge in [0.15, 0.2) is 5.17 Å². The van der Waals surface area contributed by atoms with E-state index >= 15 is 0 Å². The number of rotatable bonds is 3. The fourth-order valence-electron chi connectivity index (χ4n) is 4.60. The van der Waals surface area contributed by atoms with Crippen molar-refractivity contribution in [2.24, 2.45) is 5.10 Å². The Morgan fingerprint density at radius 1 is 1.03 bits per heavy atom. The number of hydrogen-bond acceptors (Lipinski definition) is 6. The van der Waals surface area contributed by atoms with Crippen molar-refractivity contribution in [2.45, 2.75) is 70.5 Å². The quantitative estimate of drug-likeness (QED) is 0.682. The second kappa shape index (κ2) is 8.16. The number of hydrogen-bond donors (Lipinski definition) is 2. The highest BCUT2D eigenvalue weighted by molar-refractivity contribution is 8.13. The summed E-state index contributed by atoms with van der Waals surface area (Å²) in [6.45, 7) is 11.1. The maximum absolute atomic E-state index is 4.69. The monoisotopic (exact) mass is 447 g/mol. The summed E-state index contributed by atoms with van der Waals surface area (Å²) in [4.78, 5) is 2.29. The Balaban J connectivity index is 1.22. The molecular formula is C26H33N5S. The third-order valence-corrected chi connectivity index (χ3v) is 7.86. The summed E-state index contributed by atoms with van der Waals surface area (Å²) in [5.41, 5.74) is 14.0. The fourth-order valence-corrected chi connectivity index (χ4v) is 5.53. The zero-order valence-electron chi connectivity index (χ0n) is 19.6. The first-order chi connectivity index (χ1) is 15.3. The molecule has 0 spiro atoms. The van der Waals surface area contributed by atoms with Gasteiger partial charge in [0.1, 0.15) is 6.17 Å². The number of fused-ring (bicyclic) bond motifs is 3. The summed E-state index contributed by atoms with van der Waals surface area (Å²) in [5.74, 6) is 0.917. The lowest BCUT2D eigenvalue weighted by Gasteiger charge is -2.36. The minimum Gasteiger partial charge on any atom is -0.306 e. The summed E-state index contributed by atoms with van der Waals surface area (Å²) < 4.78 is 0. The Bertz CT molecular complexity index is 1050. The molecule has 3 atom stereocenters. The standard InChI is InChI=1S/C26H33N5S/c1-17-6-9-20(14-18(17)2)22-15-23-24-27-28-25(30(24)12-13-31(23)29-22)32-16-19-7-10-21(11-8-19)26(3,4)5/h6-14,22-24,27,29H,15-16H2,1-5H3. The predicted octanol–water partition coefficient (Wildman–Crippen LogP) is 5.14. The number of aryl methyl sites for hydroxylation is 2. The summed E-state index contributed by atoms with van der Waals surface area (Å²) in [7, 11) is 0. The van der Waals surface area contributed by atoms with Crippen molar-refractivity contribution in [3.8, 4) is 0 Å².